The molecule has 0 saturated heterocycles. The van der Waals surface area contributed by atoms with Crippen molar-refractivity contribution < 1.29 is 24.2 Å². The Morgan fingerprint density at radius 3 is 2.83 bits per heavy atom. The molecule has 0 fully saturated rings. The molecule has 2 heterocycles. The first-order valence-corrected chi connectivity index (χ1v) is 7.54. The van der Waals surface area contributed by atoms with Gasteiger partial charge in [-0.1, -0.05) is 18.2 Å². The number of aliphatic hydroxyl groups is 1. The summed E-state index contributed by atoms with van der Waals surface area (Å²) in [5, 5.41) is 13.7. The molecule has 6 heteroatoms. The Labute approximate surface area is 138 Å². The molecule has 6 nitrogen and oxygen atoms in total. The number of rotatable bonds is 2. The maximum absolute atomic E-state index is 12.9. The van der Waals surface area contributed by atoms with Crippen molar-refractivity contribution in [1.82, 2.24) is 0 Å². The van der Waals surface area contributed by atoms with Gasteiger partial charge in [0.25, 0.3) is 5.91 Å². The highest BCUT2D eigenvalue weighted by atomic mass is 16.5. The van der Waals surface area contributed by atoms with Crippen LogP contribution < -0.4 is 14.8 Å². The predicted octanol–water partition coefficient (Wildman–Crippen LogP) is 1.73. The number of para-hydroxylation sites is 1. The van der Waals surface area contributed by atoms with Gasteiger partial charge in [0.05, 0.1) is 18.6 Å². The summed E-state index contributed by atoms with van der Waals surface area (Å²) in [6.45, 7) is -0.0861. The Hall–Kier alpha value is -2.86. The van der Waals surface area contributed by atoms with E-state index < -0.39 is 17.4 Å². The van der Waals surface area contributed by atoms with Gasteiger partial charge in [0.1, 0.15) is 18.1 Å². The van der Waals surface area contributed by atoms with Crippen molar-refractivity contribution in [2.45, 2.75) is 5.60 Å². The number of amides is 1. The van der Waals surface area contributed by atoms with Crippen molar-refractivity contribution in [1.29, 1.82) is 0 Å². The summed E-state index contributed by atoms with van der Waals surface area (Å²) >= 11 is 0. The fourth-order valence-electron chi connectivity index (χ4n) is 3.31. The van der Waals surface area contributed by atoms with Gasteiger partial charge in [-0.15, -0.1) is 0 Å². The molecule has 2 aliphatic heterocycles. The van der Waals surface area contributed by atoms with Gasteiger partial charge in [-0.05, 0) is 18.2 Å². The Kier molecular flexibility index (Phi) is 3.11. The smallest absolute Gasteiger partial charge is 0.262 e. The second kappa shape index (κ2) is 5.07. The summed E-state index contributed by atoms with van der Waals surface area (Å²) in [4.78, 5) is 25.3. The van der Waals surface area contributed by atoms with Crippen molar-refractivity contribution in [3.63, 3.8) is 0 Å². The first-order valence-electron chi connectivity index (χ1n) is 7.54. The van der Waals surface area contributed by atoms with E-state index in [1.807, 2.05) is 0 Å². The molecule has 122 valence electrons. The molecule has 0 spiro atoms. The molecule has 0 saturated carbocycles. The van der Waals surface area contributed by atoms with Gasteiger partial charge in [0, 0.05) is 17.3 Å². The lowest BCUT2D eigenvalue weighted by atomic mass is 9.77. The molecule has 0 aliphatic carbocycles. The fourth-order valence-corrected chi connectivity index (χ4v) is 3.31. The number of anilines is 1. The molecule has 0 bridgehead atoms. The van der Waals surface area contributed by atoms with Gasteiger partial charge in [-0.3, -0.25) is 9.59 Å². The third-order valence-corrected chi connectivity index (χ3v) is 4.61. The van der Waals surface area contributed by atoms with Crippen LogP contribution in [0, 0.1) is 5.92 Å². The van der Waals surface area contributed by atoms with Crippen LogP contribution in [0.25, 0.3) is 0 Å². The summed E-state index contributed by atoms with van der Waals surface area (Å²) in [7, 11) is 1.53. The van der Waals surface area contributed by atoms with Crippen LogP contribution in [0.3, 0.4) is 0 Å². The van der Waals surface area contributed by atoms with E-state index in [-0.39, 0.29) is 12.4 Å². The summed E-state index contributed by atoms with van der Waals surface area (Å²) in [5.41, 5.74) is -0.699. The number of nitrogens with one attached hydrogen (secondary N) is 1. The second-order valence-corrected chi connectivity index (χ2v) is 5.86. The fraction of sp³-hybridized carbons (Fsp3) is 0.222. The van der Waals surface area contributed by atoms with Crippen LogP contribution in [0.1, 0.15) is 15.9 Å². The van der Waals surface area contributed by atoms with Crippen LogP contribution in [0.5, 0.6) is 11.5 Å². The lowest BCUT2D eigenvalue weighted by Gasteiger charge is -2.33. The lowest BCUT2D eigenvalue weighted by Crippen LogP contribution is -2.49. The molecular formula is C18H15NO5. The second-order valence-electron chi connectivity index (χ2n) is 5.86. The zero-order valence-corrected chi connectivity index (χ0v) is 12.9. The Balaban J connectivity index is 1.78. The van der Waals surface area contributed by atoms with Crippen molar-refractivity contribution in [3.05, 3.63) is 53.6 Å². The zero-order valence-electron chi connectivity index (χ0n) is 12.9. The van der Waals surface area contributed by atoms with Gasteiger partial charge in [0.2, 0.25) is 0 Å². The van der Waals surface area contributed by atoms with E-state index in [0.29, 0.717) is 28.3 Å². The third-order valence-electron chi connectivity index (χ3n) is 4.61. The number of benzene rings is 2. The number of ketones is 1. The summed E-state index contributed by atoms with van der Waals surface area (Å²) in [5.74, 6) is -0.980. The van der Waals surface area contributed by atoms with E-state index in [9.17, 15) is 14.7 Å². The van der Waals surface area contributed by atoms with Crippen LogP contribution >= 0.6 is 0 Å². The van der Waals surface area contributed by atoms with E-state index >= 15 is 0 Å². The molecular weight excluding hydrogens is 310 g/mol. The molecule has 2 aliphatic rings. The van der Waals surface area contributed by atoms with Gasteiger partial charge in [-0.2, -0.15) is 0 Å². The van der Waals surface area contributed by atoms with Gasteiger partial charge >= 0.3 is 0 Å². The Bertz CT molecular complexity index is 862. The molecule has 2 atom stereocenters. The normalized spacial score (nSPS) is 24.7. The topological polar surface area (TPSA) is 84.9 Å². The first-order chi connectivity index (χ1) is 11.6. The lowest BCUT2D eigenvalue weighted by molar-refractivity contribution is -0.139. The quantitative estimate of drug-likeness (QED) is 0.878. The largest absolute Gasteiger partial charge is 0.497 e. The molecule has 2 unspecified atom stereocenters. The number of hydrogen-bond acceptors (Lipinski definition) is 5. The third kappa shape index (κ3) is 1.86. The van der Waals surface area contributed by atoms with E-state index in [2.05, 4.69) is 5.32 Å². The van der Waals surface area contributed by atoms with E-state index in [1.165, 1.54) is 7.11 Å². The summed E-state index contributed by atoms with van der Waals surface area (Å²) in [6.07, 6.45) is 0. The van der Waals surface area contributed by atoms with Gasteiger partial charge < -0.3 is 19.9 Å². The Morgan fingerprint density at radius 1 is 1.25 bits per heavy atom. The van der Waals surface area contributed by atoms with Crippen molar-refractivity contribution in [3.8, 4) is 11.5 Å². The molecule has 24 heavy (non-hydrogen) atoms. The minimum atomic E-state index is -1.94. The maximum atomic E-state index is 12.9. The van der Waals surface area contributed by atoms with E-state index in [1.54, 1.807) is 42.5 Å². The molecule has 2 N–H and O–H groups in total. The van der Waals surface area contributed by atoms with Crippen molar-refractivity contribution in [2.75, 3.05) is 19.0 Å². The van der Waals surface area contributed by atoms with Gasteiger partial charge in [-0.25, -0.2) is 0 Å². The molecule has 1 amide bonds. The molecule has 2 aromatic carbocycles. The van der Waals surface area contributed by atoms with E-state index in [0.717, 1.165) is 0 Å². The monoisotopic (exact) mass is 325 g/mol. The van der Waals surface area contributed by atoms with Crippen LogP contribution in [0.15, 0.2) is 42.5 Å². The maximum Gasteiger partial charge on any atom is 0.262 e. The number of hydrogen-bond donors (Lipinski definition) is 2. The molecule has 2 aromatic rings. The number of carbonyl (C=O) groups excluding carboxylic acids is 2. The highest BCUT2D eigenvalue weighted by Crippen LogP contribution is 2.45. The van der Waals surface area contributed by atoms with Crippen molar-refractivity contribution >= 4 is 17.4 Å². The number of ether oxygens (including phenoxy) is 2. The average Bonchev–Trinajstić information content (AvgIpc) is 2.86. The van der Waals surface area contributed by atoms with Crippen LogP contribution in [-0.2, 0) is 10.4 Å². The number of carbonyl (C=O) groups is 2. The Morgan fingerprint density at radius 2 is 2.04 bits per heavy atom. The van der Waals surface area contributed by atoms with E-state index in [4.69, 9.17) is 9.47 Å². The highest BCUT2D eigenvalue weighted by Gasteiger charge is 2.55. The minimum absolute atomic E-state index is 0.0861. The first kappa shape index (κ1) is 14.7. The minimum Gasteiger partial charge on any atom is -0.497 e. The van der Waals surface area contributed by atoms with Crippen LogP contribution in [0.4, 0.5) is 5.69 Å². The van der Waals surface area contributed by atoms with Crippen LogP contribution in [-0.4, -0.2) is 30.5 Å². The predicted molar refractivity (Wildman–Crippen MR) is 85.3 cm³/mol. The number of methoxy groups -OCH3 is 1. The number of fused-ring (bicyclic) bond motifs is 2. The molecule has 0 radical (unpaired) electrons. The van der Waals surface area contributed by atoms with Crippen LogP contribution in [0.2, 0.25) is 0 Å². The standard InChI is InChI=1S/C18H15NO5/c1-23-10-6-7-11-15(8-10)24-9-13(16(11)20)18(22)12-4-2-3-5-14(12)19-17(18)21/h2-8,13,22H,9H2,1H3,(H,19,21). The number of Topliss-reactive ketones (excluding diaryl/α,β-unsaturated/α-hetero) is 1. The average molecular weight is 325 g/mol. The summed E-state index contributed by atoms with van der Waals surface area (Å²) in [6, 6.07) is 11.7. The molecule has 0 aromatic heterocycles. The zero-order chi connectivity index (χ0) is 16.9. The SMILES string of the molecule is COc1ccc2c(c1)OCC(C1(O)C(=O)Nc3ccccc31)C2=O. The highest BCUT2D eigenvalue weighted by molar-refractivity contribution is 6.11. The summed E-state index contributed by atoms with van der Waals surface area (Å²) < 4.78 is 10.8. The molecule has 4 rings (SSSR count). The van der Waals surface area contributed by atoms with Crippen molar-refractivity contribution in [2.24, 2.45) is 5.92 Å². The van der Waals surface area contributed by atoms with Gasteiger partial charge in [0.15, 0.2) is 11.4 Å².